The summed E-state index contributed by atoms with van der Waals surface area (Å²) in [4.78, 5) is 2.79. The number of piperidine rings is 1. The van der Waals surface area contributed by atoms with Gasteiger partial charge in [0.25, 0.3) is 0 Å². The molecule has 2 aliphatic rings. The first kappa shape index (κ1) is 13.4. The first-order chi connectivity index (χ1) is 8.38. The highest BCUT2D eigenvalue weighted by Crippen LogP contribution is 2.27. The Morgan fingerprint density at radius 3 is 2.47 bits per heavy atom. The third-order valence-corrected chi connectivity index (χ3v) is 4.81. The molecular weight excluding hydrogens is 206 g/mol. The Kier molecular flexibility index (Phi) is 5.84. The van der Waals surface area contributed by atoms with Gasteiger partial charge in [-0.1, -0.05) is 39.0 Å². The second kappa shape index (κ2) is 7.41. The smallest absolute Gasteiger partial charge is 0.000978 e. The zero-order chi connectivity index (χ0) is 11.9. The average Bonchev–Trinajstić information content (AvgIpc) is 2.38. The maximum Gasteiger partial charge on any atom is 0.000978 e. The summed E-state index contributed by atoms with van der Waals surface area (Å²) in [6.45, 7) is 6.54. The van der Waals surface area contributed by atoms with Crippen molar-refractivity contribution in [2.24, 2.45) is 11.8 Å². The number of hydrogen-bond acceptors (Lipinski definition) is 1. The van der Waals surface area contributed by atoms with Gasteiger partial charge < -0.3 is 4.90 Å². The van der Waals surface area contributed by atoms with Crippen LogP contribution in [-0.2, 0) is 0 Å². The Bertz CT molecular complexity index is 196. The molecular formula is C16H31N. The largest absolute Gasteiger partial charge is 0.303 e. The lowest BCUT2D eigenvalue weighted by Gasteiger charge is -2.36. The molecule has 0 bridgehead atoms. The van der Waals surface area contributed by atoms with Gasteiger partial charge in [-0.15, -0.1) is 0 Å². The molecule has 1 aliphatic heterocycles. The Morgan fingerprint density at radius 1 is 0.941 bits per heavy atom. The van der Waals surface area contributed by atoms with E-state index < -0.39 is 0 Å². The van der Waals surface area contributed by atoms with Crippen LogP contribution in [0.4, 0.5) is 0 Å². The molecule has 1 nitrogen and oxygen atoms in total. The topological polar surface area (TPSA) is 3.24 Å². The standard InChI is InChI=1S/C16H31N/c1-2-3-8-15-11-7-12-17(13-15)14-16-9-5-4-6-10-16/h15-16H,2-14H2,1H3. The maximum atomic E-state index is 2.79. The van der Waals surface area contributed by atoms with Gasteiger partial charge in [-0.05, 0) is 50.5 Å². The summed E-state index contributed by atoms with van der Waals surface area (Å²) in [5.74, 6) is 2.06. The molecule has 100 valence electrons. The second-order valence-electron chi connectivity index (χ2n) is 6.41. The SMILES string of the molecule is CCCCC1CCCN(CC2CCCCC2)C1. The van der Waals surface area contributed by atoms with Gasteiger partial charge in [-0.25, -0.2) is 0 Å². The van der Waals surface area contributed by atoms with Crippen LogP contribution >= 0.6 is 0 Å². The quantitative estimate of drug-likeness (QED) is 0.682. The van der Waals surface area contributed by atoms with E-state index in [1.807, 2.05) is 0 Å². The van der Waals surface area contributed by atoms with Gasteiger partial charge in [0.15, 0.2) is 0 Å². The third kappa shape index (κ3) is 4.62. The van der Waals surface area contributed by atoms with Gasteiger partial charge in [0.2, 0.25) is 0 Å². The van der Waals surface area contributed by atoms with Crippen LogP contribution in [0.25, 0.3) is 0 Å². The van der Waals surface area contributed by atoms with Crippen molar-refractivity contribution in [3.63, 3.8) is 0 Å². The van der Waals surface area contributed by atoms with Crippen molar-refractivity contribution in [2.75, 3.05) is 19.6 Å². The average molecular weight is 237 g/mol. The zero-order valence-corrected chi connectivity index (χ0v) is 11.8. The molecule has 17 heavy (non-hydrogen) atoms. The third-order valence-electron chi connectivity index (χ3n) is 4.81. The van der Waals surface area contributed by atoms with Crippen molar-refractivity contribution < 1.29 is 0 Å². The van der Waals surface area contributed by atoms with Crippen molar-refractivity contribution in [3.05, 3.63) is 0 Å². The Morgan fingerprint density at radius 2 is 1.71 bits per heavy atom. The summed E-state index contributed by atoms with van der Waals surface area (Å²) < 4.78 is 0. The lowest BCUT2D eigenvalue weighted by Crippen LogP contribution is -2.39. The molecule has 1 unspecified atom stereocenters. The molecule has 1 saturated heterocycles. The van der Waals surface area contributed by atoms with E-state index >= 15 is 0 Å². The molecule has 0 aromatic rings. The van der Waals surface area contributed by atoms with Gasteiger partial charge in [0, 0.05) is 13.1 Å². The van der Waals surface area contributed by atoms with E-state index in [0.29, 0.717) is 0 Å². The monoisotopic (exact) mass is 237 g/mol. The van der Waals surface area contributed by atoms with Crippen LogP contribution in [0.1, 0.15) is 71.1 Å². The number of likely N-dealkylation sites (tertiary alicyclic amines) is 1. The molecule has 2 rings (SSSR count). The van der Waals surface area contributed by atoms with Crippen LogP contribution in [-0.4, -0.2) is 24.5 Å². The van der Waals surface area contributed by atoms with Crippen molar-refractivity contribution in [3.8, 4) is 0 Å². The van der Waals surface area contributed by atoms with Crippen LogP contribution < -0.4 is 0 Å². The highest BCUT2D eigenvalue weighted by atomic mass is 15.1. The minimum Gasteiger partial charge on any atom is -0.303 e. The highest BCUT2D eigenvalue weighted by Gasteiger charge is 2.22. The first-order valence-corrected chi connectivity index (χ1v) is 8.11. The summed E-state index contributed by atoms with van der Waals surface area (Å²) in [6.07, 6.45) is 14.8. The van der Waals surface area contributed by atoms with E-state index in [1.54, 1.807) is 0 Å². The van der Waals surface area contributed by atoms with E-state index in [9.17, 15) is 0 Å². The van der Waals surface area contributed by atoms with Crippen molar-refractivity contribution in [1.29, 1.82) is 0 Å². The molecule has 0 aromatic carbocycles. The van der Waals surface area contributed by atoms with Crippen LogP contribution in [0.15, 0.2) is 0 Å². The summed E-state index contributed by atoms with van der Waals surface area (Å²) in [6, 6.07) is 0. The number of unbranched alkanes of at least 4 members (excludes halogenated alkanes) is 1. The first-order valence-electron chi connectivity index (χ1n) is 8.11. The van der Waals surface area contributed by atoms with E-state index in [4.69, 9.17) is 0 Å². The molecule has 2 fully saturated rings. The molecule has 1 aliphatic carbocycles. The minimum absolute atomic E-state index is 1.02. The molecule has 1 heteroatoms. The summed E-state index contributed by atoms with van der Waals surface area (Å²) >= 11 is 0. The van der Waals surface area contributed by atoms with Gasteiger partial charge in [-0.2, -0.15) is 0 Å². The fraction of sp³-hybridized carbons (Fsp3) is 1.00. The second-order valence-corrected chi connectivity index (χ2v) is 6.41. The highest BCUT2D eigenvalue weighted by molar-refractivity contribution is 4.76. The van der Waals surface area contributed by atoms with E-state index in [2.05, 4.69) is 11.8 Å². The van der Waals surface area contributed by atoms with Gasteiger partial charge in [-0.3, -0.25) is 0 Å². The van der Waals surface area contributed by atoms with Crippen LogP contribution in [0, 0.1) is 11.8 Å². The summed E-state index contributed by atoms with van der Waals surface area (Å²) in [7, 11) is 0. The molecule has 0 amide bonds. The maximum absolute atomic E-state index is 2.79. The van der Waals surface area contributed by atoms with Crippen molar-refractivity contribution in [2.45, 2.75) is 71.1 Å². The van der Waals surface area contributed by atoms with E-state index in [1.165, 1.54) is 83.8 Å². The molecule has 1 saturated carbocycles. The van der Waals surface area contributed by atoms with Gasteiger partial charge in [0.05, 0.1) is 0 Å². The molecule has 1 atom stereocenters. The fourth-order valence-corrected chi connectivity index (χ4v) is 3.78. The predicted octanol–water partition coefficient (Wildman–Crippen LogP) is 4.47. The molecule has 0 aromatic heterocycles. The summed E-state index contributed by atoms with van der Waals surface area (Å²) in [5.41, 5.74) is 0. The van der Waals surface area contributed by atoms with Gasteiger partial charge >= 0.3 is 0 Å². The zero-order valence-electron chi connectivity index (χ0n) is 11.8. The van der Waals surface area contributed by atoms with E-state index in [0.717, 1.165) is 11.8 Å². The van der Waals surface area contributed by atoms with Crippen LogP contribution in [0.2, 0.25) is 0 Å². The van der Waals surface area contributed by atoms with Crippen LogP contribution in [0.5, 0.6) is 0 Å². The number of nitrogens with zero attached hydrogens (tertiary/aromatic N) is 1. The summed E-state index contributed by atoms with van der Waals surface area (Å²) in [5, 5.41) is 0. The molecule has 0 radical (unpaired) electrons. The Labute approximate surface area is 108 Å². The van der Waals surface area contributed by atoms with Crippen LogP contribution in [0.3, 0.4) is 0 Å². The minimum atomic E-state index is 1.02. The molecule has 0 N–H and O–H groups in total. The Balaban J connectivity index is 1.68. The fourth-order valence-electron chi connectivity index (χ4n) is 3.78. The Hall–Kier alpha value is -0.0400. The normalized spacial score (nSPS) is 28.4. The molecule has 1 heterocycles. The van der Waals surface area contributed by atoms with Gasteiger partial charge in [0.1, 0.15) is 0 Å². The van der Waals surface area contributed by atoms with E-state index in [-0.39, 0.29) is 0 Å². The lowest BCUT2D eigenvalue weighted by molar-refractivity contribution is 0.132. The number of hydrogen-bond donors (Lipinski definition) is 0. The van der Waals surface area contributed by atoms with Crippen molar-refractivity contribution in [1.82, 2.24) is 4.90 Å². The van der Waals surface area contributed by atoms with Crippen molar-refractivity contribution >= 4 is 0 Å². The number of rotatable bonds is 5. The molecule has 0 spiro atoms. The lowest BCUT2D eigenvalue weighted by atomic mass is 9.87. The predicted molar refractivity (Wildman–Crippen MR) is 75.3 cm³/mol.